The molecular weight excluding hydrogens is 296 g/mol. The number of furan rings is 1. The molecule has 124 valence electrons. The van der Waals surface area contributed by atoms with Gasteiger partial charge in [-0.1, -0.05) is 11.6 Å². The molecule has 5 rings (SSSR count). The molecule has 3 heteroatoms. The van der Waals surface area contributed by atoms with Gasteiger partial charge >= 0.3 is 0 Å². The molecule has 0 bridgehead atoms. The lowest BCUT2D eigenvalue weighted by Gasteiger charge is -2.33. The fourth-order valence-electron chi connectivity index (χ4n) is 4.80. The first kappa shape index (κ1) is 14.4. The number of rotatable bonds is 2. The largest absolute Gasteiger partial charge is 0.472 e. The normalized spacial score (nSPS) is 21.0. The van der Waals surface area contributed by atoms with E-state index >= 15 is 0 Å². The summed E-state index contributed by atoms with van der Waals surface area (Å²) in [6.45, 7) is 5.53. The predicted octanol–water partition coefficient (Wildman–Crippen LogP) is 4.83. The maximum atomic E-state index is 5.29. The van der Waals surface area contributed by atoms with Crippen molar-refractivity contribution in [1.82, 2.24) is 9.47 Å². The third-order valence-electron chi connectivity index (χ3n) is 5.82. The van der Waals surface area contributed by atoms with Gasteiger partial charge in [0.1, 0.15) is 0 Å². The van der Waals surface area contributed by atoms with E-state index in [2.05, 4.69) is 40.7 Å². The summed E-state index contributed by atoms with van der Waals surface area (Å²) >= 11 is 0. The molecule has 0 N–H and O–H groups in total. The highest BCUT2D eigenvalue weighted by Crippen LogP contribution is 2.42. The number of hydrogen-bond donors (Lipinski definition) is 0. The minimum atomic E-state index is 0.554. The third kappa shape index (κ3) is 2.15. The molecule has 0 spiro atoms. The molecule has 2 aliphatic rings. The summed E-state index contributed by atoms with van der Waals surface area (Å²) in [6, 6.07) is 9.66. The quantitative estimate of drug-likeness (QED) is 0.674. The van der Waals surface area contributed by atoms with E-state index in [1.807, 2.05) is 6.26 Å². The van der Waals surface area contributed by atoms with E-state index in [1.54, 1.807) is 17.5 Å². The second-order valence-corrected chi connectivity index (χ2v) is 7.40. The van der Waals surface area contributed by atoms with Crippen LogP contribution in [0.25, 0.3) is 10.9 Å². The van der Waals surface area contributed by atoms with Crippen molar-refractivity contribution in [2.45, 2.75) is 51.7 Å². The molecule has 1 aliphatic heterocycles. The smallest absolute Gasteiger partial charge is 0.0947 e. The van der Waals surface area contributed by atoms with Crippen LogP contribution in [0.15, 0.2) is 41.2 Å². The van der Waals surface area contributed by atoms with Crippen LogP contribution in [0.1, 0.15) is 47.7 Å². The Bertz CT molecular complexity index is 871. The van der Waals surface area contributed by atoms with Crippen molar-refractivity contribution in [1.29, 1.82) is 0 Å². The van der Waals surface area contributed by atoms with Crippen LogP contribution in [0.5, 0.6) is 0 Å². The summed E-state index contributed by atoms with van der Waals surface area (Å²) < 4.78 is 7.92. The molecule has 0 radical (unpaired) electrons. The van der Waals surface area contributed by atoms with E-state index in [1.165, 1.54) is 54.3 Å². The van der Waals surface area contributed by atoms with Crippen LogP contribution in [0.2, 0.25) is 0 Å². The van der Waals surface area contributed by atoms with Crippen LogP contribution in [0.3, 0.4) is 0 Å². The van der Waals surface area contributed by atoms with Gasteiger partial charge in [-0.25, -0.2) is 0 Å². The highest BCUT2D eigenvalue weighted by Gasteiger charge is 2.33. The second-order valence-electron chi connectivity index (χ2n) is 7.40. The minimum absolute atomic E-state index is 0.554. The van der Waals surface area contributed by atoms with E-state index in [-0.39, 0.29) is 0 Å². The van der Waals surface area contributed by atoms with Gasteiger partial charge in [0.05, 0.1) is 18.6 Å². The Hall–Kier alpha value is -2.00. The van der Waals surface area contributed by atoms with Crippen molar-refractivity contribution < 1.29 is 4.42 Å². The standard InChI is InChI=1S/C21H24N2O/c1-15-6-7-19-18(12-15)17-4-2-5-20-21(17)23(19)10-3-9-22(20)13-16-8-11-24-14-16/h6-8,11-12,14,20H,2-5,9-10,13H2,1H3/t20-/m1/s1. The van der Waals surface area contributed by atoms with Gasteiger partial charge in [0.15, 0.2) is 0 Å². The maximum Gasteiger partial charge on any atom is 0.0947 e. The summed E-state index contributed by atoms with van der Waals surface area (Å²) in [7, 11) is 0. The topological polar surface area (TPSA) is 21.3 Å². The Balaban J connectivity index is 1.64. The van der Waals surface area contributed by atoms with Crippen LogP contribution in [-0.2, 0) is 19.5 Å². The third-order valence-corrected chi connectivity index (χ3v) is 5.82. The van der Waals surface area contributed by atoms with Crippen LogP contribution < -0.4 is 0 Å². The number of aryl methyl sites for hydroxylation is 3. The van der Waals surface area contributed by atoms with E-state index < -0.39 is 0 Å². The molecular formula is C21H24N2O. The Labute approximate surface area is 142 Å². The second kappa shape index (κ2) is 5.52. The molecule has 3 heterocycles. The van der Waals surface area contributed by atoms with Crippen molar-refractivity contribution in [3.05, 3.63) is 59.2 Å². The summed E-state index contributed by atoms with van der Waals surface area (Å²) in [5, 5.41) is 1.50. The molecule has 1 aromatic carbocycles. The Kier molecular flexibility index (Phi) is 3.30. The first-order chi connectivity index (χ1) is 11.8. The average Bonchev–Trinajstić information content (AvgIpc) is 3.15. The molecule has 24 heavy (non-hydrogen) atoms. The zero-order valence-corrected chi connectivity index (χ0v) is 14.3. The van der Waals surface area contributed by atoms with Crippen LogP contribution >= 0.6 is 0 Å². The van der Waals surface area contributed by atoms with Crippen molar-refractivity contribution >= 4 is 10.9 Å². The van der Waals surface area contributed by atoms with E-state index in [0.717, 1.165) is 13.1 Å². The molecule has 3 nitrogen and oxygen atoms in total. The van der Waals surface area contributed by atoms with E-state index in [4.69, 9.17) is 4.42 Å². The predicted molar refractivity (Wildman–Crippen MR) is 96.1 cm³/mol. The monoisotopic (exact) mass is 320 g/mol. The summed E-state index contributed by atoms with van der Waals surface area (Å²) in [5.74, 6) is 0. The zero-order chi connectivity index (χ0) is 16.1. The van der Waals surface area contributed by atoms with E-state index in [0.29, 0.717) is 6.04 Å². The molecule has 0 saturated heterocycles. The maximum absolute atomic E-state index is 5.29. The average molecular weight is 320 g/mol. The Morgan fingerprint density at radius 3 is 3.00 bits per heavy atom. The fraction of sp³-hybridized carbons (Fsp3) is 0.429. The lowest BCUT2D eigenvalue weighted by Crippen LogP contribution is -2.30. The van der Waals surface area contributed by atoms with Gasteiger partial charge in [0, 0.05) is 41.8 Å². The van der Waals surface area contributed by atoms with Gasteiger partial charge in [-0.3, -0.25) is 4.90 Å². The first-order valence-corrected chi connectivity index (χ1v) is 9.18. The van der Waals surface area contributed by atoms with E-state index in [9.17, 15) is 0 Å². The molecule has 1 aliphatic carbocycles. The van der Waals surface area contributed by atoms with Crippen LogP contribution in [0.4, 0.5) is 0 Å². The van der Waals surface area contributed by atoms with Crippen LogP contribution in [-0.4, -0.2) is 16.0 Å². The fourth-order valence-corrected chi connectivity index (χ4v) is 4.80. The van der Waals surface area contributed by atoms with Gasteiger partial charge in [0.25, 0.3) is 0 Å². The minimum Gasteiger partial charge on any atom is -0.472 e. The van der Waals surface area contributed by atoms with Crippen molar-refractivity contribution in [3.8, 4) is 0 Å². The molecule has 0 saturated carbocycles. The first-order valence-electron chi connectivity index (χ1n) is 9.18. The Morgan fingerprint density at radius 2 is 2.12 bits per heavy atom. The molecule has 3 aromatic rings. The lowest BCUT2D eigenvalue weighted by molar-refractivity contribution is 0.173. The van der Waals surface area contributed by atoms with Crippen molar-refractivity contribution in [3.63, 3.8) is 0 Å². The molecule has 0 amide bonds. The van der Waals surface area contributed by atoms with Gasteiger partial charge in [-0.15, -0.1) is 0 Å². The summed E-state index contributed by atoms with van der Waals surface area (Å²) in [6.07, 6.45) is 8.72. The summed E-state index contributed by atoms with van der Waals surface area (Å²) in [5.41, 5.74) is 7.33. The van der Waals surface area contributed by atoms with Gasteiger partial charge in [0.2, 0.25) is 0 Å². The van der Waals surface area contributed by atoms with Crippen molar-refractivity contribution in [2.24, 2.45) is 0 Å². The van der Waals surface area contributed by atoms with Gasteiger partial charge < -0.3 is 8.98 Å². The van der Waals surface area contributed by atoms with Gasteiger partial charge in [-0.05, 0) is 56.4 Å². The lowest BCUT2D eigenvalue weighted by atomic mass is 9.90. The number of hydrogen-bond acceptors (Lipinski definition) is 2. The van der Waals surface area contributed by atoms with Crippen molar-refractivity contribution in [2.75, 3.05) is 6.54 Å². The number of fused-ring (bicyclic) bond motifs is 3. The highest BCUT2D eigenvalue weighted by molar-refractivity contribution is 5.86. The molecule has 0 fully saturated rings. The number of nitrogens with zero attached hydrogens (tertiary/aromatic N) is 2. The molecule has 0 unspecified atom stereocenters. The summed E-state index contributed by atoms with van der Waals surface area (Å²) in [4.78, 5) is 2.68. The highest BCUT2D eigenvalue weighted by atomic mass is 16.3. The number of aromatic nitrogens is 1. The SMILES string of the molecule is Cc1ccc2c(c1)c1c3n2CCCN(Cc2ccoc2)[C@@H]3CCC1. The Morgan fingerprint density at radius 1 is 1.17 bits per heavy atom. The van der Waals surface area contributed by atoms with Gasteiger partial charge in [-0.2, -0.15) is 0 Å². The zero-order valence-electron chi connectivity index (χ0n) is 14.3. The number of benzene rings is 1. The molecule has 2 aromatic heterocycles. The molecule has 1 atom stereocenters. The van der Waals surface area contributed by atoms with Crippen LogP contribution in [0, 0.1) is 6.92 Å².